The van der Waals surface area contributed by atoms with E-state index in [0.29, 0.717) is 18.9 Å². The van der Waals surface area contributed by atoms with Gasteiger partial charge in [-0.25, -0.2) is 8.42 Å². The van der Waals surface area contributed by atoms with Crippen LogP contribution in [-0.4, -0.2) is 69.6 Å². The number of ether oxygens (including phenoxy) is 2. The van der Waals surface area contributed by atoms with E-state index in [1.54, 1.807) is 12.0 Å². The molecule has 2 aromatic carbocycles. The van der Waals surface area contributed by atoms with E-state index in [4.69, 9.17) is 9.47 Å². The standard InChI is InChI=1S/C21H24N2O5S/c1-27-17-7-9-18(10-8-17)28-12-11-22-13-21(24)23(16-5-3-2-4-6-16)20-15-29(25,26)14-19(20)22/h2-10,19-20H,11-15H2,1H3/t19-,20-/m1/s1. The van der Waals surface area contributed by atoms with Gasteiger partial charge >= 0.3 is 0 Å². The predicted molar refractivity (Wildman–Crippen MR) is 110 cm³/mol. The highest BCUT2D eigenvalue weighted by atomic mass is 32.2. The second-order valence-electron chi connectivity index (χ2n) is 7.31. The van der Waals surface area contributed by atoms with Gasteiger partial charge < -0.3 is 14.4 Å². The number of piperazine rings is 1. The van der Waals surface area contributed by atoms with Gasteiger partial charge in [0.25, 0.3) is 0 Å². The number of nitrogens with zero attached hydrogens (tertiary/aromatic N) is 2. The van der Waals surface area contributed by atoms with Gasteiger partial charge in [-0.1, -0.05) is 18.2 Å². The highest BCUT2D eigenvalue weighted by Gasteiger charge is 2.49. The smallest absolute Gasteiger partial charge is 0.241 e. The van der Waals surface area contributed by atoms with Gasteiger partial charge in [-0.15, -0.1) is 0 Å². The van der Waals surface area contributed by atoms with Crippen LogP contribution in [-0.2, 0) is 14.6 Å². The zero-order valence-electron chi connectivity index (χ0n) is 16.2. The Bertz CT molecular complexity index is 962. The number of carbonyl (C=O) groups is 1. The average Bonchev–Trinajstić information content (AvgIpc) is 3.04. The van der Waals surface area contributed by atoms with Gasteiger partial charge in [-0.2, -0.15) is 0 Å². The predicted octanol–water partition coefficient (Wildman–Crippen LogP) is 1.59. The minimum atomic E-state index is -3.20. The lowest BCUT2D eigenvalue weighted by molar-refractivity contribution is -0.123. The first-order valence-electron chi connectivity index (χ1n) is 9.55. The molecule has 2 fully saturated rings. The summed E-state index contributed by atoms with van der Waals surface area (Å²) in [5, 5.41) is 0. The Labute approximate surface area is 170 Å². The first-order chi connectivity index (χ1) is 14.0. The molecule has 2 heterocycles. The molecule has 8 heteroatoms. The number of hydrogen-bond donors (Lipinski definition) is 0. The van der Waals surface area contributed by atoms with Crippen LogP contribution in [0.5, 0.6) is 11.5 Å². The molecule has 2 aliphatic rings. The lowest BCUT2D eigenvalue weighted by Gasteiger charge is -2.43. The lowest BCUT2D eigenvalue weighted by Crippen LogP contribution is -2.62. The third kappa shape index (κ3) is 4.23. The monoisotopic (exact) mass is 416 g/mol. The van der Waals surface area contributed by atoms with Crippen LogP contribution in [0, 0.1) is 0 Å². The number of sulfone groups is 1. The third-order valence-corrected chi connectivity index (χ3v) is 7.14. The summed E-state index contributed by atoms with van der Waals surface area (Å²) in [4.78, 5) is 16.5. The minimum Gasteiger partial charge on any atom is -0.497 e. The van der Waals surface area contributed by atoms with Crippen molar-refractivity contribution >= 4 is 21.4 Å². The van der Waals surface area contributed by atoms with Crippen LogP contribution < -0.4 is 14.4 Å². The summed E-state index contributed by atoms with van der Waals surface area (Å²) >= 11 is 0. The van der Waals surface area contributed by atoms with Gasteiger partial charge in [0.2, 0.25) is 5.91 Å². The van der Waals surface area contributed by atoms with Crippen molar-refractivity contribution in [3.8, 4) is 11.5 Å². The van der Waals surface area contributed by atoms with E-state index in [1.807, 2.05) is 59.5 Å². The van der Waals surface area contributed by atoms with Crippen LogP contribution in [0.25, 0.3) is 0 Å². The van der Waals surface area contributed by atoms with Crippen molar-refractivity contribution in [2.24, 2.45) is 0 Å². The molecule has 0 N–H and O–H groups in total. The molecule has 1 amide bonds. The molecular formula is C21H24N2O5S. The number of carbonyl (C=O) groups excluding carboxylic acids is 1. The summed E-state index contributed by atoms with van der Waals surface area (Å²) in [6.07, 6.45) is 0. The molecule has 2 aliphatic heterocycles. The Balaban J connectivity index is 1.46. The maximum Gasteiger partial charge on any atom is 0.241 e. The van der Waals surface area contributed by atoms with Crippen molar-refractivity contribution in [2.45, 2.75) is 12.1 Å². The molecule has 29 heavy (non-hydrogen) atoms. The van der Waals surface area contributed by atoms with E-state index in [9.17, 15) is 13.2 Å². The van der Waals surface area contributed by atoms with E-state index >= 15 is 0 Å². The van der Waals surface area contributed by atoms with Crippen LogP contribution in [0.1, 0.15) is 0 Å². The molecule has 2 aromatic rings. The van der Waals surface area contributed by atoms with E-state index in [-0.39, 0.29) is 36.0 Å². The Hall–Kier alpha value is -2.58. The highest BCUT2D eigenvalue weighted by molar-refractivity contribution is 7.91. The summed E-state index contributed by atoms with van der Waals surface area (Å²) in [6, 6.07) is 16.0. The average molecular weight is 416 g/mol. The number of anilines is 1. The van der Waals surface area contributed by atoms with E-state index in [2.05, 4.69) is 0 Å². The quantitative estimate of drug-likeness (QED) is 0.712. The molecule has 7 nitrogen and oxygen atoms in total. The first kappa shape index (κ1) is 19.7. The zero-order chi connectivity index (χ0) is 20.4. The number of amides is 1. The number of rotatable bonds is 6. The zero-order valence-corrected chi connectivity index (χ0v) is 17.0. The molecule has 0 unspecified atom stereocenters. The Morgan fingerprint density at radius 1 is 0.966 bits per heavy atom. The maximum atomic E-state index is 12.9. The molecule has 0 radical (unpaired) electrons. The number of benzene rings is 2. The fourth-order valence-electron chi connectivity index (χ4n) is 4.08. The lowest BCUT2D eigenvalue weighted by atomic mass is 10.0. The summed E-state index contributed by atoms with van der Waals surface area (Å²) in [7, 11) is -1.60. The molecule has 0 aliphatic carbocycles. The topological polar surface area (TPSA) is 76.2 Å². The second kappa shape index (κ2) is 8.04. The van der Waals surface area contributed by atoms with Gasteiger partial charge in [0.15, 0.2) is 9.84 Å². The maximum absolute atomic E-state index is 12.9. The number of para-hydroxylation sites is 1. The second-order valence-corrected chi connectivity index (χ2v) is 9.46. The number of hydrogen-bond acceptors (Lipinski definition) is 6. The molecule has 0 bridgehead atoms. The molecule has 0 spiro atoms. The van der Waals surface area contributed by atoms with E-state index in [1.165, 1.54) is 0 Å². The molecule has 154 valence electrons. The Morgan fingerprint density at radius 2 is 1.62 bits per heavy atom. The van der Waals surface area contributed by atoms with Gasteiger partial charge in [-0.05, 0) is 36.4 Å². The van der Waals surface area contributed by atoms with Crippen LogP contribution in [0.15, 0.2) is 54.6 Å². The highest BCUT2D eigenvalue weighted by Crippen LogP contribution is 2.31. The van der Waals surface area contributed by atoms with Crippen molar-refractivity contribution in [1.29, 1.82) is 0 Å². The van der Waals surface area contributed by atoms with E-state index in [0.717, 1.165) is 11.4 Å². The van der Waals surface area contributed by atoms with Crippen molar-refractivity contribution in [1.82, 2.24) is 4.90 Å². The summed E-state index contributed by atoms with van der Waals surface area (Å²) in [6.45, 7) is 1.03. The minimum absolute atomic E-state index is 0.00582. The molecular weight excluding hydrogens is 392 g/mol. The number of methoxy groups -OCH3 is 1. The molecule has 4 rings (SSSR count). The van der Waals surface area contributed by atoms with Crippen LogP contribution >= 0.6 is 0 Å². The largest absolute Gasteiger partial charge is 0.497 e. The van der Waals surface area contributed by atoms with Crippen LogP contribution in [0.4, 0.5) is 5.69 Å². The Kier molecular flexibility index (Phi) is 5.47. The van der Waals surface area contributed by atoms with Crippen molar-refractivity contribution in [3.63, 3.8) is 0 Å². The van der Waals surface area contributed by atoms with Crippen molar-refractivity contribution < 1.29 is 22.7 Å². The Morgan fingerprint density at radius 3 is 2.31 bits per heavy atom. The van der Waals surface area contributed by atoms with Gasteiger partial charge in [0, 0.05) is 18.3 Å². The SMILES string of the molecule is COc1ccc(OCCN2CC(=O)N(c3ccccc3)[C@@H]3CS(=O)(=O)C[C@H]32)cc1. The van der Waals surface area contributed by atoms with Crippen molar-refractivity contribution in [3.05, 3.63) is 54.6 Å². The van der Waals surface area contributed by atoms with Gasteiger partial charge in [0.1, 0.15) is 18.1 Å². The summed E-state index contributed by atoms with van der Waals surface area (Å²) in [5.41, 5.74) is 0.749. The third-order valence-electron chi connectivity index (χ3n) is 5.44. The molecule has 2 saturated heterocycles. The fourth-order valence-corrected chi connectivity index (χ4v) is 6.06. The van der Waals surface area contributed by atoms with E-state index < -0.39 is 9.84 Å². The molecule has 2 atom stereocenters. The summed E-state index contributed by atoms with van der Waals surface area (Å²) < 4.78 is 35.7. The van der Waals surface area contributed by atoms with Gasteiger partial charge in [0.05, 0.1) is 31.2 Å². The van der Waals surface area contributed by atoms with Crippen molar-refractivity contribution in [2.75, 3.05) is 43.2 Å². The molecule has 0 aromatic heterocycles. The number of fused-ring (bicyclic) bond motifs is 1. The van der Waals surface area contributed by atoms with Crippen LogP contribution in [0.2, 0.25) is 0 Å². The molecule has 0 saturated carbocycles. The van der Waals surface area contributed by atoms with Crippen LogP contribution in [0.3, 0.4) is 0 Å². The summed E-state index contributed by atoms with van der Waals surface area (Å²) in [5.74, 6) is 1.43. The first-order valence-corrected chi connectivity index (χ1v) is 11.4. The van der Waals surface area contributed by atoms with Gasteiger partial charge in [-0.3, -0.25) is 9.69 Å². The fraction of sp³-hybridized carbons (Fsp3) is 0.381. The normalized spacial score (nSPS) is 23.6.